The van der Waals surface area contributed by atoms with Gasteiger partial charge in [0.25, 0.3) is 0 Å². The van der Waals surface area contributed by atoms with Crippen LogP contribution in [0.15, 0.2) is 18.2 Å². The van der Waals surface area contributed by atoms with Crippen molar-refractivity contribution in [1.29, 1.82) is 0 Å². The van der Waals surface area contributed by atoms with Gasteiger partial charge in [-0.2, -0.15) is 0 Å². The van der Waals surface area contributed by atoms with Crippen LogP contribution in [0.3, 0.4) is 0 Å². The van der Waals surface area contributed by atoms with Gasteiger partial charge in [0.05, 0.1) is 0 Å². The first-order chi connectivity index (χ1) is 8.11. The van der Waals surface area contributed by atoms with Crippen LogP contribution in [0.2, 0.25) is 0 Å². The van der Waals surface area contributed by atoms with E-state index in [-0.39, 0.29) is 18.0 Å². The maximum absolute atomic E-state index is 13.2. The van der Waals surface area contributed by atoms with Crippen molar-refractivity contribution < 1.29 is 9.13 Å². The molecule has 1 heterocycles. The van der Waals surface area contributed by atoms with Gasteiger partial charge in [-0.3, -0.25) is 0 Å². The minimum Gasteiger partial charge on any atom is -0.490 e. The Labute approximate surface area is 102 Å². The summed E-state index contributed by atoms with van der Waals surface area (Å²) in [6, 6.07) is 4.58. The normalized spacial score (nSPS) is 24.9. The lowest BCUT2D eigenvalue weighted by Gasteiger charge is -2.33. The van der Waals surface area contributed by atoms with Crippen molar-refractivity contribution in [3.05, 3.63) is 29.6 Å². The fourth-order valence-corrected chi connectivity index (χ4v) is 2.49. The summed E-state index contributed by atoms with van der Waals surface area (Å²) in [6.07, 6.45) is 3.17. The summed E-state index contributed by atoms with van der Waals surface area (Å²) in [5.41, 5.74) is 7.04. The number of fused-ring (bicyclic) bond motifs is 1. The van der Waals surface area contributed by atoms with E-state index >= 15 is 0 Å². The van der Waals surface area contributed by atoms with Crippen LogP contribution < -0.4 is 10.5 Å². The first-order valence-electron chi connectivity index (χ1n) is 6.33. The van der Waals surface area contributed by atoms with Gasteiger partial charge in [-0.15, -0.1) is 0 Å². The largest absolute Gasteiger partial charge is 0.490 e. The molecular formula is C14H20FNO. The molecule has 1 aliphatic heterocycles. The summed E-state index contributed by atoms with van der Waals surface area (Å²) in [4.78, 5) is 0. The second-order valence-electron chi connectivity index (χ2n) is 4.95. The highest BCUT2D eigenvalue weighted by molar-refractivity contribution is 5.38. The molecule has 0 saturated carbocycles. The quantitative estimate of drug-likeness (QED) is 0.874. The van der Waals surface area contributed by atoms with E-state index in [4.69, 9.17) is 10.5 Å². The van der Waals surface area contributed by atoms with Crippen LogP contribution in [0, 0.1) is 11.7 Å². The molecule has 3 unspecified atom stereocenters. The van der Waals surface area contributed by atoms with Crippen molar-refractivity contribution >= 4 is 0 Å². The molecule has 0 spiro atoms. The van der Waals surface area contributed by atoms with Gasteiger partial charge in [-0.05, 0) is 18.4 Å². The van der Waals surface area contributed by atoms with E-state index in [0.29, 0.717) is 11.7 Å². The van der Waals surface area contributed by atoms with E-state index in [0.717, 1.165) is 24.8 Å². The standard InChI is InChI=1S/C14H20FNO/c1-3-4-9(2)13-8-12(16)11-6-5-10(15)7-14(11)17-13/h5-7,9,12-13H,3-4,8,16H2,1-2H3. The Hall–Kier alpha value is -1.09. The Balaban J connectivity index is 2.19. The summed E-state index contributed by atoms with van der Waals surface area (Å²) in [5, 5.41) is 0. The van der Waals surface area contributed by atoms with Gasteiger partial charge in [0, 0.05) is 24.1 Å². The predicted octanol–water partition coefficient (Wildman–Crippen LogP) is 3.41. The Morgan fingerprint density at radius 1 is 1.53 bits per heavy atom. The zero-order chi connectivity index (χ0) is 12.4. The molecule has 0 aliphatic carbocycles. The minimum absolute atomic E-state index is 0.0383. The highest BCUT2D eigenvalue weighted by Gasteiger charge is 2.29. The molecule has 0 radical (unpaired) electrons. The molecule has 1 aromatic carbocycles. The molecule has 2 nitrogen and oxygen atoms in total. The lowest BCUT2D eigenvalue weighted by molar-refractivity contribution is 0.102. The maximum atomic E-state index is 13.2. The highest BCUT2D eigenvalue weighted by Crippen LogP contribution is 2.36. The van der Waals surface area contributed by atoms with Crippen molar-refractivity contribution in [3.8, 4) is 5.75 Å². The van der Waals surface area contributed by atoms with Crippen LogP contribution in [0.4, 0.5) is 4.39 Å². The topological polar surface area (TPSA) is 35.2 Å². The highest BCUT2D eigenvalue weighted by atomic mass is 19.1. The SMILES string of the molecule is CCCC(C)C1CC(N)c2ccc(F)cc2O1. The molecule has 94 valence electrons. The number of hydrogen-bond donors (Lipinski definition) is 1. The summed E-state index contributed by atoms with van der Waals surface area (Å²) < 4.78 is 19.1. The van der Waals surface area contributed by atoms with E-state index in [9.17, 15) is 4.39 Å². The van der Waals surface area contributed by atoms with E-state index in [1.807, 2.05) is 0 Å². The number of benzene rings is 1. The van der Waals surface area contributed by atoms with Crippen molar-refractivity contribution in [2.45, 2.75) is 45.3 Å². The summed E-state index contributed by atoms with van der Waals surface area (Å²) in [5.74, 6) is 0.818. The van der Waals surface area contributed by atoms with Crippen LogP contribution in [-0.2, 0) is 0 Å². The van der Waals surface area contributed by atoms with Crippen LogP contribution in [-0.4, -0.2) is 6.10 Å². The van der Waals surface area contributed by atoms with E-state index in [1.165, 1.54) is 12.1 Å². The van der Waals surface area contributed by atoms with Gasteiger partial charge in [0.15, 0.2) is 0 Å². The molecule has 3 heteroatoms. The molecule has 1 aromatic rings. The third-order valence-electron chi connectivity index (χ3n) is 3.52. The second kappa shape index (κ2) is 5.05. The van der Waals surface area contributed by atoms with Crippen LogP contribution in [0.1, 0.15) is 44.7 Å². The minimum atomic E-state index is -0.264. The monoisotopic (exact) mass is 237 g/mol. The zero-order valence-electron chi connectivity index (χ0n) is 10.4. The van der Waals surface area contributed by atoms with Gasteiger partial charge in [0.2, 0.25) is 0 Å². The molecular weight excluding hydrogens is 217 g/mol. The van der Waals surface area contributed by atoms with Gasteiger partial charge < -0.3 is 10.5 Å². The lowest BCUT2D eigenvalue weighted by atomic mass is 9.89. The Bertz CT molecular complexity index is 394. The fourth-order valence-electron chi connectivity index (χ4n) is 2.49. The Morgan fingerprint density at radius 2 is 2.29 bits per heavy atom. The van der Waals surface area contributed by atoms with Gasteiger partial charge in [-0.25, -0.2) is 4.39 Å². The third kappa shape index (κ3) is 2.60. The Kier molecular flexibility index (Phi) is 3.67. The number of hydrogen-bond acceptors (Lipinski definition) is 2. The van der Waals surface area contributed by atoms with Crippen LogP contribution >= 0.6 is 0 Å². The number of rotatable bonds is 3. The predicted molar refractivity (Wildman–Crippen MR) is 66.4 cm³/mol. The lowest BCUT2D eigenvalue weighted by Crippen LogP contribution is -2.34. The maximum Gasteiger partial charge on any atom is 0.127 e. The summed E-state index contributed by atoms with van der Waals surface area (Å²) in [7, 11) is 0. The van der Waals surface area contributed by atoms with Crippen molar-refractivity contribution in [3.63, 3.8) is 0 Å². The van der Waals surface area contributed by atoms with Crippen LogP contribution in [0.25, 0.3) is 0 Å². The average molecular weight is 237 g/mol. The third-order valence-corrected chi connectivity index (χ3v) is 3.52. The molecule has 0 fully saturated rings. The van der Waals surface area contributed by atoms with Gasteiger partial charge in [-0.1, -0.05) is 26.3 Å². The number of halogens is 1. The summed E-state index contributed by atoms with van der Waals surface area (Å²) >= 11 is 0. The summed E-state index contributed by atoms with van der Waals surface area (Å²) in [6.45, 7) is 4.33. The van der Waals surface area contributed by atoms with Crippen molar-refractivity contribution in [1.82, 2.24) is 0 Å². The van der Waals surface area contributed by atoms with Crippen LogP contribution in [0.5, 0.6) is 5.75 Å². The molecule has 0 saturated heterocycles. The zero-order valence-corrected chi connectivity index (χ0v) is 10.4. The van der Waals surface area contributed by atoms with Crippen molar-refractivity contribution in [2.75, 3.05) is 0 Å². The number of ether oxygens (including phenoxy) is 1. The molecule has 2 N–H and O–H groups in total. The first kappa shape index (κ1) is 12.4. The van der Waals surface area contributed by atoms with Crippen molar-refractivity contribution in [2.24, 2.45) is 11.7 Å². The smallest absolute Gasteiger partial charge is 0.127 e. The molecule has 2 rings (SSSR count). The molecule has 0 aromatic heterocycles. The molecule has 0 bridgehead atoms. The van der Waals surface area contributed by atoms with E-state index in [1.54, 1.807) is 6.07 Å². The molecule has 3 atom stereocenters. The average Bonchev–Trinajstić information content (AvgIpc) is 2.28. The molecule has 0 amide bonds. The molecule has 17 heavy (non-hydrogen) atoms. The second-order valence-corrected chi connectivity index (χ2v) is 4.95. The van der Waals surface area contributed by atoms with E-state index < -0.39 is 0 Å². The van der Waals surface area contributed by atoms with Gasteiger partial charge >= 0.3 is 0 Å². The fraction of sp³-hybridized carbons (Fsp3) is 0.571. The van der Waals surface area contributed by atoms with Gasteiger partial charge in [0.1, 0.15) is 17.7 Å². The first-order valence-corrected chi connectivity index (χ1v) is 6.33. The Morgan fingerprint density at radius 3 is 3.00 bits per heavy atom. The molecule has 1 aliphatic rings. The number of nitrogens with two attached hydrogens (primary N) is 1. The van der Waals surface area contributed by atoms with E-state index in [2.05, 4.69) is 13.8 Å².